The third kappa shape index (κ3) is 3.28. The highest BCUT2D eigenvalue weighted by Gasteiger charge is 2.42. The first-order valence-electron chi connectivity index (χ1n) is 6.53. The Morgan fingerprint density at radius 1 is 1.29 bits per heavy atom. The molecule has 0 aromatic rings. The lowest BCUT2D eigenvalue weighted by Gasteiger charge is -2.36. The van der Waals surface area contributed by atoms with E-state index in [1.165, 1.54) is 0 Å². The summed E-state index contributed by atoms with van der Waals surface area (Å²) in [4.78, 5) is 10.9. The molecule has 4 heteroatoms. The monoisotopic (exact) mass is 242 g/mol. The van der Waals surface area contributed by atoms with Crippen LogP contribution in [0.15, 0.2) is 12.2 Å². The highest BCUT2D eigenvalue weighted by Crippen LogP contribution is 2.38. The van der Waals surface area contributed by atoms with Crippen molar-refractivity contribution in [1.82, 2.24) is 0 Å². The minimum atomic E-state index is -0.470. The van der Waals surface area contributed by atoms with Gasteiger partial charge in [0.05, 0.1) is 6.61 Å². The first-order valence-corrected chi connectivity index (χ1v) is 6.53. The Morgan fingerprint density at radius 2 is 2.06 bits per heavy atom. The van der Waals surface area contributed by atoms with Crippen molar-refractivity contribution in [3.05, 3.63) is 12.2 Å². The summed E-state index contributed by atoms with van der Waals surface area (Å²) in [6.45, 7) is 4.77. The van der Waals surface area contributed by atoms with E-state index < -0.39 is 5.79 Å². The molecular formula is C13H22O4. The fourth-order valence-electron chi connectivity index (χ4n) is 2.38. The van der Waals surface area contributed by atoms with E-state index in [0.29, 0.717) is 6.61 Å². The molecule has 2 rings (SSSR count). The molecule has 1 saturated heterocycles. The number of aliphatic hydroxyl groups is 1. The Balaban J connectivity index is 1.72. The quantitative estimate of drug-likeness (QED) is 0.456. The van der Waals surface area contributed by atoms with Gasteiger partial charge in [-0.05, 0) is 37.7 Å². The van der Waals surface area contributed by atoms with Crippen LogP contribution in [0.4, 0.5) is 0 Å². The normalized spacial score (nSPS) is 27.5. The number of aliphatic hydroxyl groups excluding tert-OH is 1. The minimum absolute atomic E-state index is 0.153. The van der Waals surface area contributed by atoms with Crippen molar-refractivity contribution < 1.29 is 19.6 Å². The molecule has 0 aromatic carbocycles. The zero-order valence-corrected chi connectivity index (χ0v) is 10.3. The van der Waals surface area contributed by atoms with E-state index in [-0.39, 0.29) is 12.7 Å². The summed E-state index contributed by atoms with van der Waals surface area (Å²) in [5.41, 5.74) is 0.992. The second kappa shape index (κ2) is 5.96. The van der Waals surface area contributed by atoms with Crippen molar-refractivity contribution in [2.75, 3.05) is 13.2 Å². The van der Waals surface area contributed by atoms with E-state index in [1.54, 1.807) is 0 Å². The van der Waals surface area contributed by atoms with E-state index >= 15 is 0 Å². The van der Waals surface area contributed by atoms with E-state index in [0.717, 1.165) is 50.5 Å². The summed E-state index contributed by atoms with van der Waals surface area (Å²) in [7, 11) is 0. The average molecular weight is 242 g/mol. The Hall–Kier alpha value is -0.420. The van der Waals surface area contributed by atoms with Gasteiger partial charge >= 0.3 is 0 Å². The summed E-state index contributed by atoms with van der Waals surface area (Å²) < 4.78 is 5.81. The van der Waals surface area contributed by atoms with Crippen molar-refractivity contribution in [1.29, 1.82) is 0 Å². The molecule has 0 aromatic heterocycles. The van der Waals surface area contributed by atoms with Crippen LogP contribution in [0.1, 0.15) is 44.9 Å². The molecule has 2 aliphatic rings. The predicted molar refractivity (Wildman–Crippen MR) is 63.2 cm³/mol. The third-order valence-electron chi connectivity index (χ3n) is 3.54. The van der Waals surface area contributed by atoms with E-state index in [9.17, 15) is 0 Å². The van der Waals surface area contributed by atoms with Gasteiger partial charge < -0.3 is 9.84 Å². The lowest BCUT2D eigenvalue weighted by molar-refractivity contribution is -0.479. The molecule has 1 saturated carbocycles. The summed E-state index contributed by atoms with van der Waals surface area (Å²) in [6.07, 6.45) is 6.58. The maximum atomic E-state index is 8.72. The van der Waals surface area contributed by atoms with Crippen LogP contribution in [-0.4, -0.2) is 30.2 Å². The Bertz CT molecular complexity index is 248. The molecule has 17 heavy (non-hydrogen) atoms. The third-order valence-corrected chi connectivity index (χ3v) is 3.54. The van der Waals surface area contributed by atoms with Crippen molar-refractivity contribution in [2.24, 2.45) is 0 Å². The van der Waals surface area contributed by atoms with Gasteiger partial charge in [-0.3, -0.25) is 0 Å². The van der Waals surface area contributed by atoms with Crippen LogP contribution in [0.2, 0.25) is 0 Å². The molecule has 1 spiro atoms. The molecule has 0 bridgehead atoms. The summed E-state index contributed by atoms with van der Waals surface area (Å²) in [5, 5.41) is 8.72. The number of hydrogen-bond donors (Lipinski definition) is 1. The van der Waals surface area contributed by atoms with Crippen molar-refractivity contribution in [2.45, 2.75) is 56.8 Å². The molecule has 1 unspecified atom stereocenters. The highest BCUT2D eigenvalue weighted by molar-refractivity contribution is 5.03. The second-order valence-corrected chi connectivity index (χ2v) is 4.94. The first kappa shape index (κ1) is 13.0. The van der Waals surface area contributed by atoms with Crippen molar-refractivity contribution >= 4 is 0 Å². The van der Waals surface area contributed by atoms with Crippen LogP contribution in [0, 0.1) is 0 Å². The Kier molecular flexibility index (Phi) is 4.56. The van der Waals surface area contributed by atoms with Crippen LogP contribution in [0.5, 0.6) is 0 Å². The maximum absolute atomic E-state index is 8.72. The van der Waals surface area contributed by atoms with Gasteiger partial charge in [0, 0.05) is 19.4 Å². The second-order valence-electron chi connectivity index (χ2n) is 4.94. The zero-order valence-electron chi connectivity index (χ0n) is 10.3. The Morgan fingerprint density at radius 3 is 2.65 bits per heavy atom. The summed E-state index contributed by atoms with van der Waals surface area (Å²) in [5.74, 6) is -0.470. The van der Waals surface area contributed by atoms with Gasteiger partial charge in [-0.25, -0.2) is 9.78 Å². The minimum Gasteiger partial charge on any atom is -0.396 e. The van der Waals surface area contributed by atoms with Gasteiger partial charge in [-0.15, -0.1) is 0 Å². The van der Waals surface area contributed by atoms with Crippen LogP contribution in [-0.2, 0) is 14.5 Å². The van der Waals surface area contributed by atoms with Crippen LogP contribution >= 0.6 is 0 Å². The molecule has 1 aliphatic carbocycles. The van der Waals surface area contributed by atoms with Gasteiger partial charge in [0.15, 0.2) is 0 Å². The molecule has 2 fully saturated rings. The Labute approximate surface area is 102 Å². The number of unbranched alkanes of at least 4 members (excludes halogenated alkanes) is 1. The van der Waals surface area contributed by atoms with Gasteiger partial charge in [0.2, 0.25) is 5.79 Å². The van der Waals surface area contributed by atoms with E-state index in [2.05, 4.69) is 6.58 Å². The largest absolute Gasteiger partial charge is 0.396 e. The molecule has 1 N–H and O–H groups in total. The molecule has 1 heterocycles. The smallest absolute Gasteiger partial charge is 0.201 e. The van der Waals surface area contributed by atoms with Gasteiger partial charge in [-0.2, -0.15) is 0 Å². The lowest BCUT2D eigenvalue weighted by atomic mass is 10.1. The molecule has 0 amide bonds. The standard InChI is InChI=1S/C13H22O4/c1-11(6-2-5-9-14)12-10-15-13(17-16-12)7-3-4-8-13/h12,14H,1-10H2. The fraction of sp³-hybridized carbons (Fsp3) is 0.846. The molecule has 0 radical (unpaired) electrons. The van der Waals surface area contributed by atoms with Crippen molar-refractivity contribution in [3.8, 4) is 0 Å². The van der Waals surface area contributed by atoms with Crippen molar-refractivity contribution in [3.63, 3.8) is 0 Å². The fourth-order valence-corrected chi connectivity index (χ4v) is 2.38. The van der Waals surface area contributed by atoms with Crippen LogP contribution < -0.4 is 0 Å². The van der Waals surface area contributed by atoms with Gasteiger partial charge in [0.25, 0.3) is 0 Å². The molecule has 1 aliphatic heterocycles. The predicted octanol–water partition coefficient (Wildman–Crippen LogP) is 2.32. The van der Waals surface area contributed by atoms with Crippen LogP contribution in [0.25, 0.3) is 0 Å². The maximum Gasteiger partial charge on any atom is 0.201 e. The lowest BCUT2D eigenvalue weighted by Crippen LogP contribution is -2.43. The number of hydrogen-bond acceptors (Lipinski definition) is 4. The SMILES string of the molecule is C=C(CCCCO)C1COC2(CCCC2)OO1. The highest BCUT2D eigenvalue weighted by atomic mass is 17.2. The summed E-state index contributed by atoms with van der Waals surface area (Å²) in [6, 6.07) is 0. The average Bonchev–Trinajstić information content (AvgIpc) is 2.79. The first-order chi connectivity index (χ1) is 8.26. The molecule has 4 nitrogen and oxygen atoms in total. The van der Waals surface area contributed by atoms with E-state index in [1.807, 2.05) is 0 Å². The van der Waals surface area contributed by atoms with Gasteiger partial charge in [-0.1, -0.05) is 6.58 Å². The topological polar surface area (TPSA) is 47.9 Å². The van der Waals surface area contributed by atoms with E-state index in [4.69, 9.17) is 19.6 Å². The number of ether oxygens (including phenoxy) is 1. The van der Waals surface area contributed by atoms with Gasteiger partial charge in [0.1, 0.15) is 6.10 Å². The summed E-state index contributed by atoms with van der Waals surface area (Å²) >= 11 is 0. The molecular weight excluding hydrogens is 220 g/mol. The molecule has 1 atom stereocenters. The van der Waals surface area contributed by atoms with Crippen LogP contribution in [0.3, 0.4) is 0 Å². The number of rotatable bonds is 5. The molecule has 98 valence electrons. The zero-order chi connectivity index (χ0) is 12.1.